The van der Waals surface area contributed by atoms with Crippen LogP contribution in [-0.4, -0.2) is 22.8 Å². The number of rotatable bonds is 5. The van der Waals surface area contributed by atoms with E-state index in [0.717, 1.165) is 17.5 Å². The van der Waals surface area contributed by atoms with Crippen LogP contribution >= 0.6 is 12.2 Å². The van der Waals surface area contributed by atoms with Gasteiger partial charge in [-0.3, -0.25) is 20.4 Å². The van der Waals surface area contributed by atoms with E-state index in [1.807, 2.05) is 32.0 Å². The summed E-state index contributed by atoms with van der Waals surface area (Å²) in [7, 11) is 0. The summed E-state index contributed by atoms with van der Waals surface area (Å²) in [5, 5.41) is 3.72. The molecular formula is C21H31N3O2S. The van der Waals surface area contributed by atoms with Crippen molar-refractivity contribution in [2.45, 2.75) is 65.8 Å². The van der Waals surface area contributed by atoms with E-state index in [2.05, 4.69) is 30.0 Å². The van der Waals surface area contributed by atoms with Crippen molar-refractivity contribution < 1.29 is 9.59 Å². The highest BCUT2D eigenvalue weighted by molar-refractivity contribution is 7.80. The Morgan fingerprint density at radius 1 is 1.07 bits per heavy atom. The van der Waals surface area contributed by atoms with Crippen LogP contribution in [0.3, 0.4) is 0 Å². The molecule has 3 atom stereocenters. The van der Waals surface area contributed by atoms with Crippen LogP contribution in [0.2, 0.25) is 0 Å². The smallest absolute Gasteiger partial charge is 0.238 e. The van der Waals surface area contributed by atoms with Gasteiger partial charge in [-0.2, -0.15) is 0 Å². The lowest BCUT2D eigenvalue weighted by Crippen LogP contribution is -2.52. The Hall–Kier alpha value is -1.95. The van der Waals surface area contributed by atoms with Gasteiger partial charge in [0, 0.05) is 24.4 Å². The molecule has 6 heteroatoms. The fraction of sp³-hybridized carbons (Fsp3) is 0.571. The number of thiocarbonyl (C=S) groups is 1. The summed E-state index contributed by atoms with van der Waals surface area (Å²) in [6.07, 6.45) is 3.83. The van der Waals surface area contributed by atoms with E-state index in [1.54, 1.807) is 0 Å². The lowest BCUT2D eigenvalue weighted by molar-refractivity contribution is -0.121. The van der Waals surface area contributed by atoms with Gasteiger partial charge in [0.2, 0.25) is 5.91 Å². The summed E-state index contributed by atoms with van der Waals surface area (Å²) in [5.74, 6) is 0.940. The number of hydrogen-bond donors (Lipinski definition) is 3. The van der Waals surface area contributed by atoms with E-state index >= 15 is 0 Å². The quantitative estimate of drug-likeness (QED) is 0.408. The molecule has 1 amide bonds. The van der Waals surface area contributed by atoms with E-state index in [1.165, 1.54) is 12.8 Å². The number of hydrogen-bond acceptors (Lipinski definition) is 3. The number of carbonyl (C=O) groups excluding carboxylic acids is 2. The minimum Gasteiger partial charge on any atom is -0.358 e. The molecular weight excluding hydrogens is 358 g/mol. The van der Waals surface area contributed by atoms with Crippen LogP contribution in [-0.2, 0) is 4.79 Å². The molecule has 1 aliphatic carbocycles. The first kappa shape index (κ1) is 21.4. The van der Waals surface area contributed by atoms with Crippen molar-refractivity contribution in [2.75, 3.05) is 0 Å². The third-order valence-electron chi connectivity index (χ3n) is 5.75. The number of hydrazine groups is 1. The molecule has 0 aromatic heterocycles. The Morgan fingerprint density at radius 3 is 2.52 bits per heavy atom. The molecule has 1 aromatic carbocycles. The maximum atomic E-state index is 12.2. The molecule has 3 N–H and O–H groups in total. The molecule has 1 aliphatic rings. The SMILES string of the molecule is Cc1ccc(C(=O)CCC(=O)NNC(=S)N[C@H]2CCC[C@H](C)[C@@H]2C)cc1C. The molecule has 2 rings (SSSR count). The Kier molecular flexibility index (Phi) is 7.78. The number of nitrogens with one attached hydrogen (secondary N) is 3. The normalized spacial score (nSPS) is 22.0. The Bertz CT molecular complexity index is 705. The molecule has 1 fully saturated rings. The second kappa shape index (κ2) is 9.83. The van der Waals surface area contributed by atoms with Gasteiger partial charge in [-0.1, -0.05) is 38.8 Å². The minimum atomic E-state index is -0.249. The number of ketones is 1. The topological polar surface area (TPSA) is 70.2 Å². The number of aryl methyl sites for hydroxylation is 2. The van der Waals surface area contributed by atoms with Crippen LogP contribution in [0.4, 0.5) is 0 Å². The highest BCUT2D eigenvalue weighted by Crippen LogP contribution is 2.29. The predicted molar refractivity (Wildman–Crippen MR) is 112 cm³/mol. The summed E-state index contributed by atoms with van der Waals surface area (Å²) >= 11 is 5.28. The van der Waals surface area contributed by atoms with Crippen molar-refractivity contribution in [1.82, 2.24) is 16.2 Å². The standard InChI is InChI=1S/C21H31N3O2S/c1-13-8-9-17(12-15(13)3)19(25)10-11-20(26)23-24-21(27)22-18-7-5-6-14(2)16(18)4/h8-9,12,14,16,18H,5-7,10-11H2,1-4H3,(H,23,26)(H2,22,24,27)/t14-,16-,18-/m0/s1. The minimum absolute atomic E-state index is 0.0287. The lowest BCUT2D eigenvalue weighted by atomic mass is 9.78. The molecule has 0 unspecified atom stereocenters. The van der Waals surface area contributed by atoms with Crippen LogP contribution < -0.4 is 16.2 Å². The van der Waals surface area contributed by atoms with Crippen LogP contribution in [0, 0.1) is 25.7 Å². The first-order valence-electron chi connectivity index (χ1n) is 9.73. The summed E-state index contributed by atoms with van der Waals surface area (Å²) in [4.78, 5) is 24.2. The maximum Gasteiger partial charge on any atom is 0.238 e. The van der Waals surface area contributed by atoms with Crippen LogP contribution in [0.15, 0.2) is 18.2 Å². The number of Topliss-reactive ketones (excluding diaryl/α,β-unsaturated/α-hetero) is 1. The van der Waals surface area contributed by atoms with Crippen molar-refractivity contribution in [3.63, 3.8) is 0 Å². The van der Waals surface area contributed by atoms with Gasteiger partial charge >= 0.3 is 0 Å². The number of carbonyl (C=O) groups is 2. The maximum absolute atomic E-state index is 12.2. The van der Waals surface area contributed by atoms with E-state index in [-0.39, 0.29) is 24.5 Å². The van der Waals surface area contributed by atoms with Gasteiger partial charge in [0.25, 0.3) is 0 Å². The van der Waals surface area contributed by atoms with Gasteiger partial charge in [-0.05, 0) is 61.5 Å². The highest BCUT2D eigenvalue weighted by Gasteiger charge is 2.27. The molecule has 148 valence electrons. The fourth-order valence-electron chi connectivity index (χ4n) is 3.47. The molecule has 0 aliphatic heterocycles. The third-order valence-corrected chi connectivity index (χ3v) is 5.97. The fourth-order valence-corrected chi connectivity index (χ4v) is 3.67. The largest absolute Gasteiger partial charge is 0.358 e. The molecule has 0 heterocycles. The zero-order valence-corrected chi connectivity index (χ0v) is 17.5. The zero-order valence-electron chi connectivity index (χ0n) is 16.7. The predicted octanol–water partition coefficient (Wildman–Crippen LogP) is 3.59. The van der Waals surface area contributed by atoms with Crippen molar-refractivity contribution >= 4 is 29.0 Å². The molecule has 0 radical (unpaired) electrons. The van der Waals surface area contributed by atoms with Gasteiger partial charge in [-0.15, -0.1) is 0 Å². The Labute approximate surface area is 167 Å². The van der Waals surface area contributed by atoms with Gasteiger partial charge in [0.1, 0.15) is 0 Å². The van der Waals surface area contributed by atoms with Gasteiger partial charge in [0.15, 0.2) is 10.9 Å². The first-order chi connectivity index (χ1) is 12.8. The molecule has 0 saturated heterocycles. The van der Waals surface area contributed by atoms with Gasteiger partial charge in [0.05, 0.1) is 0 Å². The molecule has 1 saturated carbocycles. The van der Waals surface area contributed by atoms with Crippen molar-refractivity contribution in [2.24, 2.45) is 11.8 Å². The average molecular weight is 390 g/mol. The van der Waals surface area contributed by atoms with E-state index in [4.69, 9.17) is 12.2 Å². The lowest BCUT2D eigenvalue weighted by Gasteiger charge is -2.35. The van der Waals surface area contributed by atoms with Crippen LogP contribution in [0.1, 0.15) is 67.4 Å². The summed E-state index contributed by atoms with van der Waals surface area (Å²) < 4.78 is 0. The number of benzene rings is 1. The van der Waals surface area contributed by atoms with Gasteiger partial charge < -0.3 is 5.32 Å². The zero-order chi connectivity index (χ0) is 20.0. The summed E-state index contributed by atoms with van der Waals surface area (Å²) in [6, 6.07) is 5.95. The molecule has 27 heavy (non-hydrogen) atoms. The van der Waals surface area contributed by atoms with Gasteiger partial charge in [-0.25, -0.2) is 0 Å². The molecule has 1 aromatic rings. The van der Waals surface area contributed by atoms with Crippen LogP contribution in [0.25, 0.3) is 0 Å². The first-order valence-corrected chi connectivity index (χ1v) is 10.1. The summed E-state index contributed by atoms with van der Waals surface area (Å²) in [5.41, 5.74) is 8.21. The highest BCUT2D eigenvalue weighted by atomic mass is 32.1. The Balaban J connectivity index is 1.71. The second-order valence-electron chi connectivity index (χ2n) is 7.74. The van der Waals surface area contributed by atoms with E-state index in [9.17, 15) is 9.59 Å². The molecule has 5 nitrogen and oxygen atoms in total. The molecule has 0 spiro atoms. The van der Waals surface area contributed by atoms with Crippen molar-refractivity contribution in [3.8, 4) is 0 Å². The van der Waals surface area contributed by atoms with Crippen molar-refractivity contribution in [1.29, 1.82) is 0 Å². The van der Waals surface area contributed by atoms with E-state index < -0.39 is 0 Å². The third kappa shape index (κ3) is 6.31. The molecule has 0 bridgehead atoms. The number of amides is 1. The summed E-state index contributed by atoms with van der Waals surface area (Å²) in [6.45, 7) is 8.49. The van der Waals surface area contributed by atoms with Crippen molar-refractivity contribution in [3.05, 3.63) is 34.9 Å². The Morgan fingerprint density at radius 2 is 1.81 bits per heavy atom. The van der Waals surface area contributed by atoms with E-state index in [0.29, 0.717) is 28.6 Å². The average Bonchev–Trinajstić information content (AvgIpc) is 2.64. The van der Waals surface area contributed by atoms with Crippen LogP contribution in [0.5, 0.6) is 0 Å². The monoisotopic (exact) mass is 389 g/mol. The second-order valence-corrected chi connectivity index (χ2v) is 8.15.